The number of ether oxygens (including phenoxy) is 8. The lowest BCUT2D eigenvalue weighted by Gasteiger charge is -2.06. The highest BCUT2D eigenvalue weighted by Crippen LogP contribution is 2.25. The van der Waals surface area contributed by atoms with Crippen LogP contribution >= 0.6 is 47.9 Å². The molecule has 4 aromatic heterocycles. The van der Waals surface area contributed by atoms with E-state index in [1.54, 1.807) is 125 Å². The fraction of sp³-hybridized carbons (Fsp3) is 0.208. The summed E-state index contributed by atoms with van der Waals surface area (Å²) in [6, 6.07) is 58.2. The molecule has 0 aliphatic heterocycles. The van der Waals surface area contributed by atoms with Crippen LogP contribution in [0.2, 0.25) is 0 Å². The highest BCUT2D eigenvalue weighted by molar-refractivity contribution is 7.99. The third-order valence-electron chi connectivity index (χ3n) is 14.9. The Morgan fingerprint density at radius 2 is 0.899 bits per heavy atom. The first-order valence-electron chi connectivity index (χ1n) is 33.0. The molecule has 572 valence electrons. The molecule has 0 fully saturated rings. The number of hydrogen-bond donors (Lipinski definition) is 6. The molecule has 0 amide bonds. The topological polar surface area (TPSA) is 343 Å². The molecule has 12 aromatic rings. The van der Waals surface area contributed by atoms with Crippen LogP contribution in [0.1, 0.15) is 5.56 Å². The van der Waals surface area contributed by atoms with Gasteiger partial charge < -0.3 is 63.3 Å². The van der Waals surface area contributed by atoms with Crippen LogP contribution in [0.3, 0.4) is 0 Å². The summed E-state index contributed by atoms with van der Waals surface area (Å²) in [5, 5.41) is 36.3. The number of hydrogen-bond acceptors (Lipinski definition) is 22. The van der Waals surface area contributed by atoms with Crippen LogP contribution in [-0.4, -0.2) is 174 Å². The average Bonchev–Trinajstić information content (AvgIpc) is 1.66. The van der Waals surface area contributed by atoms with Crippen molar-refractivity contribution < 1.29 is 105 Å². The van der Waals surface area contributed by atoms with Crippen molar-refractivity contribution in [1.29, 1.82) is 0 Å². The number of thioether (sulfide) groups is 3. The molecule has 0 bridgehead atoms. The van der Waals surface area contributed by atoms with Crippen LogP contribution in [0, 0.1) is 0 Å². The summed E-state index contributed by atoms with van der Waals surface area (Å²) in [7, 11) is 4.39. The molecule has 32 heteroatoms. The number of carbonyl (C=O) groups excluding carboxylic acids is 3. The van der Waals surface area contributed by atoms with Crippen molar-refractivity contribution in [3.63, 3.8) is 0 Å². The van der Waals surface area contributed by atoms with E-state index in [1.165, 1.54) is 74.8 Å². The molecule has 12 rings (SSSR count). The van der Waals surface area contributed by atoms with E-state index in [0.29, 0.717) is 45.9 Å². The minimum atomic E-state index is -3.64. The van der Waals surface area contributed by atoms with E-state index < -0.39 is 46.0 Å². The van der Waals surface area contributed by atoms with Gasteiger partial charge in [0.1, 0.15) is 54.9 Å². The summed E-state index contributed by atoms with van der Waals surface area (Å²) in [4.78, 5) is 80.0. The van der Waals surface area contributed by atoms with Gasteiger partial charge in [0.2, 0.25) is 0 Å². The van der Waals surface area contributed by atoms with Crippen LogP contribution in [0.25, 0.3) is 33.0 Å². The fourth-order valence-corrected chi connectivity index (χ4v) is 13.0. The van der Waals surface area contributed by atoms with Gasteiger partial charge in [-0.05, 0) is 157 Å². The molecular weight excluding hydrogens is 1500 g/mol. The normalized spacial score (nSPS) is 10.5. The first-order chi connectivity index (χ1) is 52.6. The number of H-pyrrole nitrogens is 1. The second-order valence-electron chi connectivity index (χ2n) is 22.2. The van der Waals surface area contributed by atoms with E-state index in [2.05, 4.69) is 22.6 Å². The number of nitrogens with one attached hydrogen (secondary N) is 1. The van der Waals surface area contributed by atoms with Crippen molar-refractivity contribution >= 4 is 127 Å². The molecule has 0 saturated heterocycles. The molecule has 0 saturated carbocycles. The van der Waals surface area contributed by atoms with Gasteiger partial charge in [0.05, 0.1) is 59.2 Å². The summed E-state index contributed by atoms with van der Waals surface area (Å²) in [6.07, 6.45) is 7.36. The van der Waals surface area contributed by atoms with E-state index in [4.69, 9.17) is 58.3 Å². The van der Waals surface area contributed by atoms with Crippen LogP contribution in [-0.2, 0) is 57.9 Å². The molecule has 0 spiro atoms. The summed E-state index contributed by atoms with van der Waals surface area (Å²) >= 11 is 8.94. The molecule has 0 radical (unpaired) electrons. The molecular formula is C77H81N7O20S5+2. The minimum Gasteiger partial charge on any atom is -0.497 e. The Kier molecular flexibility index (Phi) is 34.7. The van der Waals surface area contributed by atoms with E-state index in [-0.39, 0.29) is 50.0 Å². The number of para-hydroxylation sites is 5. The summed E-state index contributed by atoms with van der Waals surface area (Å²) < 4.78 is 72.1. The lowest BCUT2D eigenvalue weighted by Crippen LogP contribution is -2.37. The molecule has 5 N–H and O–H groups in total. The average molecular weight is 1580 g/mol. The van der Waals surface area contributed by atoms with Gasteiger partial charge in [0.25, 0.3) is 12.7 Å². The number of carboxylic acid groups (broad SMARTS) is 3. The third-order valence-corrected chi connectivity index (χ3v) is 19.8. The van der Waals surface area contributed by atoms with Gasteiger partial charge >= 0.3 is 36.2 Å². The molecule has 0 aliphatic carbocycles. The van der Waals surface area contributed by atoms with Crippen LogP contribution in [0.5, 0.6) is 28.7 Å². The van der Waals surface area contributed by atoms with Gasteiger partial charge in [-0.3, -0.25) is 4.79 Å². The standard InChI is InChI=1S/C19H18N2O7S.C19H18N2O5S.C13H14N2O3S.C10H9NO2.C9H12O2S.C7H8OS/c1-27-14-6-8-15(9-7-14)29(25,26)11-10-28-19(24)21-13-20(12-18(22)23)16-4-2-3-5-17(16)21;1-25-14-6-8-15(9-7-14)27-11-10-26-19(24)21-13-20(12-18(22)23)16-4-2-3-5-17(16)21;1-17-11-2-4-12(5-3-11)19-9-8-18-13(16)15-7-6-14-10-15;12-10(13)5-7-6-11-9-4-2-1-3-8(7)9;1-11-8-2-4-9(5-3-8)12-7-6-10;1-8-6-2-4-7(9)5-3-6/h2-9,13H,10-12H2,1H3;2-9,13H,10-12H2,1H3;2-7,10H,8-9H2,1H3;1-4,6,11H,5H2,(H,12,13);2-5,10H,6-7H2,1H3;2-5,9H,1H3/p+2. The third kappa shape index (κ3) is 27.7. The summed E-state index contributed by atoms with van der Waals surface area (Å²) in [5.41, 5.74) is 4.08. The monoisotopic (exact) mass is 1580 g/mol. The molecule has 27 nitrogen and oxygen atoms in total. The zero-order valence-electron chi connectivity index (χ0n) is 59.8. The van der Waals surface area contributed by atoms with Gasteiger partial charge in [0.15, 0.2) is 45.0 Å². The van der Waals surface area contributed by atoms with Gasteiger partial charge in [-0.1, -0.05) is 42.5 Å². The van der Waals surface area contributed by atoms with Crippen LogP contribution in [0.15, 0.2) is 256 Å². The smallest absolute Gasteiger partial charge is 0.497 e. The number of methoxy groups -OCH3 is 5. The first-order valence-corrected chi connectivity index (χ1v) is 38.0. The molecule has 0 atom stereocenters. The second kappa shape index (κ2) is 44.6. The maximum absolute atomic E-state index is 12.4. The number of sulfone groups is 1. The zero-order chi connectivity index (χ0) is 78.5. The number of benzene rings is 8. The van der Waals surface area contributed by atoms with Crippen LogP contribution < -0.4 is 32.8 Å². The Hall–Kier alpha value is -11.4. The number of imidazole rings is 3. The highest BCUT2D eigenvalue weighted by atomic mass is 32.2. The number of aromatic nitrogens is 7. The number of fused-ring (bicyclic) bond motifs is 3. The second-order valence-corrected chi connectivity index (χ2v) is 28.4. The SMILES string of the molecule is COc1ccc(S(=O)(=O)CCOC(=O)n2c[n+](CC(=O)O)c3ccccc32)cc1.COc1ccc(S)cc1.COc1ccc(SCCO)cc1.COc1ccc(SCCOC(=O)n2c[n+](CC(=O)O)c3ccccc32)cc1.COc1ccc(SCCOC(=O)n2ccnc2)cc1.O=C(O)Cc1c[nH]c2ccccc12. The molecule has 109 heavy (non-hydrogen) atoms. The number of aliphatic hydroxyl groups is 1. The Morgan fingerprint density at radius 1 is 0.495 bits per heavy atom. The Morgan fingerprint density at radius 3 is 1.32 bits per heavy atom. The van der Waals surface area contributed by atoms with Crippen molar-refractivity contribution in [1.82, 2.24) is 23.7 Å². The Balaban J connectivity index is 0.000000190. The number of carboxylic acids is 3. The van der Waals surface area contributed by atoms with Gasteiger partial charge in [-0.25, -0.2) is 41.5 Å². The maximum atomic E-state index is 12.4. The lowest BCUT2D eigenvalue weighted by atomic mass is 10.1. The maximum Gasteiger partial charge on any atom is 0.512 e. The quantitative estimate of drug-likeness (QED) is 0.00964. The number of rotatable bonds is 26. The van der Waals surface area contributed by atoms with Gasteiger partial charge in [0, 0.05) is 66.3 Å². The Labute approximate surface area is 646 Å². The van der Waals surface area contributed by atoms with Crippen molar-refractivity contribution in [2.45, 2.75) is 44.0 Å². The van der Waals surface area contributed by atoms with E-state index in [0.717, 1.165) is 69.4 Å². The first kappa shape index (κ1) is 84.8. The number of aliphatic hydroxyl groups excluding tert-OH is 1. The predicted molar refractivity (Wildman–Crippen MR) is 415 cm³/mol. The number of aromatic amines is 1. The van der Waals surface area contributed by atoms with Crippen molar-refractivity contribution in [3.05, 3.63) is 237 Å². The number of thiol groups is 1. The summed E-state index contributed by atoms with van der Waals surface area (Å²) in [6.45, 7) is -0.0925. The van der Waals surface area contributed by atoms with E-state index in [9.17, 15) is 37.2 Å². The number of aliphatic carboxylic acids is 3. The minimum absolute atomic E-state index is 0.0734. The highest BCUT2D eigenvalue weighted by Gasteiger charge is 2.26. The van der Waals surface area contributed by atoms with E-state index >= 15 is 0 Å². The predicted octanol–water partition coefficient (Wildman–Crippen LogP) is 12.5. The molecule has 0 unspecified atom stereocenters. The molecule has 0 aliphatic rings. The lowest BCUT2D eigenvalue weighted by molar-refractivity contribution is -0.660. The van der Waals surface area contributed by atoms with Gasteiger partial charge in [-0.2, -0.15) is 9.59 Å². The van der Waals surface area contributed by atoms with Gasteiger partial charge in [-0.15, -0.1) is 57.0 Å². The largest absolute Gasteiger partial charge is 0.512 e. The number of carbonyl (C=O) groups is 6. The molecule has 4 heterocycles. The Bertz CT molecular complexity index is 4970. The molecule has 8 aromatic carbocycles. The van der Waals surface area contributed by atoms with Crippen molar-refractivity contribution in [2.24, 2.45) is 0 Å². The van der Waals surface area contributed by atoms with Crippen molar-refractivity contribution in [2.75, 3.05) is 85.0 Å². The zero-order valence-corrected chi connectivity index (χ0v) is 64.0. The summed E-state index contributed by atoms with van der Waals surface area (Å²) in [5.74, 6) is 2.70. The fourth-order valence-electron chi connectivity index (χ4n) is 9.68. The van der Waals surface area contributed by atoms with Crippen LogP contribution in [0.4, 0.5) is 14.4 Å². The van der Waals surface area contributed by atoms with Crippen molar-refractivity contribution in [3.8, 4) is 28.7 Å². The number of nitrogens with zero attached hydrogens (tertiary/aromatic N) is 6. The van der Waals surface area contributed by atoms with E-state index in [1.807, 2.05) is 121 Å².